The Morgan fingerprint density at radius 1 is 1.00 bits per heavy atom. The normalized spacial score (nSPS) is 22.0. The summed E-state index contributed by atoms with van der Waals surface area (Å²) in [4.78, 5) is 26.1. The summed E-state index contributed by atoms with van der Waals surface area (Å²) >= 11 is 0. The number of hydrogen-bond donors (Lipinski definition) is 3. The summed E-state index contributed by atoms with van der Waals surface area (Å²) in [5, 5.41) is 40.6. The number of aryl methyl sites for hydroxylation is 1. The summed E-state index contributed by atoms with van der Waals surface area (Å²) in [6, 6.07) is 10.1. The molecule has 2 rings (SSSR count). The Morgan fingerprint density at radius 3 is 2.45 bits per heavy atom. The third-order valence-corrected chi connectivity index (χ3v) is 7.29. The Hall–Kier alpha value is -2.49. The van der Waals surface area contributed by atoms with E-state index >= 15 is 0 Å². The average molecular weight is 536 g/mol. The summed E-state index contributed by atoms with van der Waals surface area (Å²) in [5.41, 5.74) is 1.20. The van der Waals surface area contributed by atoms with Gasteiger partial charge in [-0.05, 0) is 88.0 Å². The van der Waals surface area contributed by atoms with E-state index in [9.17, 15) is 30.2 Å². The van der Waals surface area contributed by atoms with Crippen LogP contribution < -0.4 is 0 Å². The summed E-state index contributed by atoms with van der Waals surface area (Å²) in [5.74, 6) is -0.287. The number of ether oxygens (including phenoxy) is 1. The zero-order valence-electron chi connectivity index (χ0n) is 22.4. The van der Waals surface area contributed by atoms with Crippen molar-refractivity contribution >= 4 is 5.97 Å². The van der Waals surface area contributed by atoms with Crippen LogP contribution >= 0.6 is 0 Å². The van der Waals surface area contributed by atoms with Gasteiger partial charge in [0.15, 0.2) is 0 Å². The highest BCUT2D eigenvalue weighted by Crippen LogP contribution is 2.38. The van der Waals surface area contributed by atoms with Crippen LogP contribution in [0.2, 0.25) is 0 Å². The maximum atomic E-state index is 11.8. The minimum absolute atomic E-state index is 0.0290. The van der Waals surface area contributed by atoms with E-state index in [2.05, 4.69) is 17.0 Å². The Balaban J connectivity index is 1.55. The standard InChI is InChI=1S/C29H45NO8/c31-24(17-16-23-12-6-5-7-13-23)18-19-26-25(27(32)22-28(26)33)14-8-1-2-9-15-29(34)37-20-10-3-4-11-21-38-30(35)36/h1,5-8,12-13,24-28,31-33H,2-4,9-11,14-22H2. The fraction of sp³-hybridized carbons (Fsp3) is 0.690. The van der Waals surface area contributed by atoms with Crippen LogP contribution in [0.25, 0.3) is 0 Å². The summed E-state index contributed by atoms with van der Waals surface area (Å²) in [7, 11) is 0. The highest BCUT2D eigenvalue weighted by molar-refractivity contribution is 5.69. The number of aliphatic hydroxyl groups excluding tert-OH is 3. The van der Waals surface area contributed by atoms with Gasteiger partial charge in [-0.2, -0.15) is 0 Å². The Labute approximate surface area is 226 Å². The molecular weight excluding hydrogens is 490 g/mol. The first-order valence-corrected chi connectivity index (χ1v) is 14.0. The molecule has 1 saturated carbocycles. The number of hydrogen-bond acceptors (Lipinski definition) is 8. The predicted octanol–water partition coefficient (Wildman–Crippen LogP) is 4.55. The van der Waals surface area contributed by atoms with E-state index in [0.717, 1.165) is 32.1 Å². The second kappa shape index (κ2) is 18.7. The number of allylic oxidation sites excluding steroid dienone is 2. The molecule has 0 amide bonds. The molecule has 3 N–H and O–H groups in total. The first-order valence-electron chi connectivity index (χ1n) is 14.0. The lowest BCUT2D eigenvalue weighted by molar-refractivity contribution is -0.757. The van der Waals surface area contributed by atoms with Crippen molar-refractivity contribution in [3.63, 3.8) is 0 Å². The summed E-state index contributed by atoms with van der Waals surface area (Å²) in [6.07, 6.45) is 11.1. The molecule has 1 aliphatic carbocycles. The lowest BCUT2D eigenvalue weighted by atomic mass is 9.85. The maximum Gasteiger partial charge on any atom is 0.305 e. The molecular formula is C29H45NO8. The van der Waals surface area contributed by atoms with E-state index in [0.29, 0.717) is 58.0 Å². The van der Waals surface area contributed by atoms with E-state index in [1.165, 1.54) is 5.56 Å². The minimum atomic E-state index is -0.793. The van der Waals surface area contributed by atoms with Gasteiger partial charge in [0, 0.05) is 6.42 Å². The molecule has 1 aliphatic rings. The molecule has 0 aliphatic heterocycles. The number of rotatable bonds is 20. The first kappa shape index (κ1) is 31.7. The van der Waals surface area contributed by atoms with Gasteiger partial charge in [-0.25, -0.2) is 0 Å². The van der Waals surface area contributed by atoms with Gasteiger partial charge in [-0.15, -0.1) is 10.1 Å². The monoisotopic (exact) mass is 535 g/mol. The fourth-order valence-electron chi connectivity index (χ4n) is 5.10. The first-order chi connectivity index (χ1) is 18.4. The van der Waals surface area contributed by atoms with Crippen LogP contribution in [0.4, 0.5) is 0 Å². The van der Waals surface area contributed by atoms with Crippen molar-refractivity contribution in [3.05, 3.63) is 58.2 Å². The van der Waals surface area contributed by atoms with Crippen molar-refractivity contribution in [1.29, 1.82) is 0 Å². The molecule has 5 atom stereocenters. The van der Waals surface area contributed by atoms with Gasteiger partial charge < -0.3 is 24.9 Å². The molecule has 0 heterocycles. The number of nitrogens with zero attached hydrogens (tertiary/aromatic N) is 1. The van der Waals surface area contributed by atoms with E-state index in [4.69, 9.17) is 4.74 Å². The molecule has 0 radical (unpaired) electrons. The molecule has 0 spiro atoms. The van der Waals surface area contributed by atoms with E-state index in [1.807, 2.05) is 30.4 Å². The molecule has 0 bridgehead atoms. The maximum absolute atomic E-state index is 11.8. The molecule has 1 fully saturated rings. The summed E-state index contributed by atoms with van der Waals surface area (Å²) < 4.78 is 5.22. The van der Waals surface area contributed by atoms with Gasteiger partial charge in [0.1, 0.15) is 0 Å². The molecule has 9 heteroatoms. The molecule has 1 aromatic carbocycles. The topological polar surface area (TPSA) is 139 Å². The number of carbonyl (C=O) groups is 1. The number of aliphatic hydroxyl groups is 3. The van der Waals surface area contributed by atoms with E-state index in [-0.39, 0.29) is 24.4 Å². The number of benzene rings is 1. The highest BCUT2D eigenvalue weighted by atomic mass is 16.9. The molecule has 0 saturated heterocycles. The largest absolute Gasteiger partial charge is 0.466 e. The predicted molar refractivity (Wildman–Crippen MR) is 144 cm³/mol. The molecule has 214 valence electrons. The smallest absolute Gasteiger partial charge is 0.305 e. The quantitative estimate of drug-likeness (QED) is 0.0727. The number of unbranched alkanes of at least 4 members (excludes halogenated alkanes) is 4. The molecule has 38 heavy (non-hydrogen) atoms. The lowest BCUT2D eigenvalue weighted by Gasteiger charge is -2.23. The van der Waals surface area contributed by atoms with Gasteiger partial charge in [0.25, 0.3) is 5.09 Å². The van der Waals surface area contributed by atoms with Crippen LogP contribution in [0.3, 0.4) is 0 Å². The van der Waals surface area contributed by atoms with E-state index < -0.39 is 23.4 Å². The van der Waals surface area contributed by atoms with Crippen LogP contribution in [0.1, 0.15) is 82.6 Å². The molecule has 9 nitrogen and oxygen atoms in total. The highest BCUT2D eigenvalue weighted by Gasteiger charge is 2.40. The van der Waals surface area contributed by atoms with Crippen molar-refractivity contribution in [1.82, 2.24) is 0 Å². The van der Waals surface area contributed by atoms with Crippen LogP contribution in [0, 0.1) is 22.0 Å². The summed E-state index contributed by atoms with van der Waals surface area (Å²) in [6.45, 7) is 0.453. The Bertz CT molecular complexity index is 818. The number of esters is 1. The van der Waals surface area contributed by atoms with Gasteiger partial charge in [-0.1, -0.05) is 48.9 Å². The second-order valence-electron chi connectivity index (χ2n) is 10.2. The zero-order chi connectivity index (χ0) is 27.6. The minimum Gasteiger partial charge on any atom is -0.466 e. The average Bonchev–Trinajstić information content (AvgIpc) is 3.17. The van der Waals surface area contributed by atoms with Crippen LogP contribution in [0.15, 0.2) is 42.5 Å². The van der Waals surface area contributed by atoms with Gasteiger partial charge in [0.05, 0.1) is 31.5 Å². The van der Waals surface area contributed by atoms with Gasteiger partial charge in [0.2, 0.25) is 0 Å². The molecule has 5 unspecified atom stereocenters. The lowest BCUT2D eigenvalue weighted by Crippen LogP contribution is -2.23. The van der Waals surface area contributed by atoms with Crippen molar-refractivity contribution in [2.45, 2.75) is 102 Å². The third kappa shape index (κ3) is 13.3. The second-order valence-corrected chi connectivity index (χ2v) is 10.2. The van der Waals surface area contributed by atoms with Gasteiger partial charge >= 0.3 is 5.97 Å². The van der Waals surface area contributed by atoms with E-state index in [1.54, 1.807) is 0 Å². The van der Waals surface area contributed by atoms with Crippen molar-refractivity contribution in [2.75, 3.05) is 13.2 Å². The Morgan fingerprint density at radius 2 is 1.71 bits per heavy atom. The molecule has 0 aromatic heterocycles. The zero-order valence-corrected chi connectivity index (χ0v) is 22.4. The van der Waals surface area contributed by atoms with Crippen molar-refractivity contribution < 1.29 is 34.8 Å². The Kier molecular flexibility index (Phi) is 15.6. The number of carbonyl (C=O) groups excluding carboxylic acids is 1. The van der Waals surface area contributed by atoms with Crippen molar-refractivity contribution in [2.24, 2.45) is 11.8 Å². The van der Waals surface area contributed by atoms with Crippen LogP contribution in [0.5, 0.6) is 0 Å². The molecule has 1 aromatic rings. The third-order valence-electron chi connectivity index (χ3n) is 7.29. The van der Waals surface area contributed by atoms with Gasteiger partial charge in [-0.3, -0.25) is 4.79 Å². The van der Waals surface area contributed by atoms with Crippen LogP contribution in [-0.4, -0.2) is 57.9 Å². The van der Waals surface area contributed by atoms with Crippen molar-refractivity contribution in [3.8, 4) is 0 Å². The fourth-order valence-corrected chi connectivity index (χ4v) is 5.10. The SMILES string of the molecule is O=C(CCCC=CCC1C(O)CC(O)C1CCC(O)CCc1ccccc1)OCCCCCCO[N+](=O)[O-]. The van der Waals surface area contributed by atoms with Crippen LogP contribution in [-0.2, 0) is 20.8 Å².